The van der Waals surface area contributed by atoms with E-state index in [9.17, 15) is 0 Å². The number of nitrogens with zero attached hydrogens (tertiary/aromatic N) is 2. The number of hydrogen-bond acceptors (Lipinski definition) is 0. The van der Waals surface area contributed by atoms with Crippen LogP contribution in [0.15, 0.2) is 0 Å². The summed E-state index contributed by atoms with van der Waals surface area (Å²) in [7, 11) is 0. The van der Waals surface area contributed by atoms with Gasteiger partial charge in [-0.3, -0.25) is 0 Å². The Balaban J connectivity index is 4.39. The van der Waals surface area contributed by atoms with E-state index in [1.807, 2.05) is 0 Å². The van der Waals surface area contributed by atoms with Gasteiger partial charge in [0.15, 0.2) is 0 Å². The molecule has 0 aromatic carbocycles. The van der Waals surface area contributed by atoms with Crippen molar-refractivity contribution in [3.8, 4) is 0 Å². The lowest BCUT2D eigenvalue weighted by Crippen LogP contribution is -2.50. The van der Waals surface area contributed by atoms with Gasteiger partial charge in [0.2, 0.25) is 0 Å². The highest BCUT2D eigenvalue weighted by atomic mass is 15.3. The second-order valence-corrected chi connectivity index (χ2v) is 9.49. The van der Waals surface area contributed by atoms with Gasteiger partial charge in [0.05, 0.1) is 52.4 Å². The van der Waals surface area contributed by atoms with Crippen molar-refractivity contribution < 1.29 is 8.97 Å². The molecule has 0 saturated carbocycles. The van der Waals surface area contributed by atoms with E-state index >= 15 is 0 Å². The Hall–Kier alpha value is -0.0800. The zero-order chi connectivity index (χ0) is 21.1. The second kappa shape index (κ2) is 17.8. The van der Waals surface area contributed by atoms with Crippen LogP contribution >= 0.6 is 0 Å². The predicted octanol–water partition coefficient (Wildman–Crippen LogP) is 7.42. The fraction of sp³-hybridized carbons (Fsp3) is 1.00. The first kappa shape index (κ1) is 27.9. The van der Waals surface area contributed by atoms with Crippen molar-refractivity contribution >= 4 is 0 Å². The average Bonchev–Trinajstić information content (AvgIpc) is 2.73. The van der Waals surface area contributed by atoms with E-state index in [4.69, 9.17) is 0 Å². The molecule has 0 fully saturated rings. The number of rotatable bonds is 21. The molecule has 170 valence electrons. The summed E-state index contributed by atoms with van der Waals surface area (Å²) in [6.07, 6.45) is 16.8. The van der Waals surface area contributed by atoms with Gasteiger partial charge in [-0.15, -0.1) is 0 Å². The minimum atomic E-state index is 1.34. The smallest absolute Gasteiger partial charge is 0.0786 e. The van der Waals surface area contributed by atoms with E-state index in [2.05, 4.69) is 41.5 Å². The van der Waals surface area contributed by atoms with Gasteiger partial charge < -0.3 is 8.97 Å². The Morgan fingerprint density at radius 3 is 0.786 bits per heavy atom. The van der Waals surface area contributed by atoms with Gasteiger partial charge in [0, 0.05) is 0 Å². The molecule has 0 aliphatic heterocycles. The summed E-state index contributed by atoms with van der Waals surface area (Å²) >= 11 is 0. The molecule has 0 bridgehead atoms. The van der Waals surface area contributed by atoms with Crippen LogP contribution in [0, 0.1) is 0 Å². The SMILES string of the molecule is CCCC[N+](CC)(CCCC)CCCCCC[N+](CC)(CCCC)CCCC. The summed E-state index contributed by atoms with van der Waals surface area (Å²) in [6, 6.07) is 0. The topological polar surface area (TPSA) is 0 Å². The van der Waals surface area contributed by atoms with Gasteiger partial charge in [-0.25, -0.2) is 0 Å². The van der Waals surface area contributed by atoms with E-state index in [0.717, 1.165) is 0 Å². The first-order valence-electron chi connectivity index (χ1n) is 13.3. The average molecular weight is 399 g/mol. The third-order valence-electron chi connectivity index (χ3n) is 7.30. The molecular weight excluding hydrogens is 340 g/mol. The minimum Gasteiger partial charge on any atom is -0.324 e. The summed E-state index contributed by atoms with van der Waals surface area (Å²) in [6.45, 7) is 25.4. The molecule has 2 heteroatoms. The van der Waals surface area contributed by atoms with E-state index in [0.29, 0.717) is 0 Å². The molecule has 2 nitrogen and oxygen atoms in total. The second-order valence-electron chi connectivity index (χ2n) is 9.49. The van der Waals surface area contributed by atoms with Crippen LogP contribution in [0.2, 0.25) is 0 Å². The molecule has 0 aromatic rings. The number of hydrogen-bond donors (Lipinski definition) is 0. The van der Waals surface area contributed by atoms with Gasteiger partial charge in [-0.05, 0) is 65.2 Å². The van der Waals surface area contributed by atoms with Crippen molar-refractivity contribution in [2.24, 2.45) is 0 Å². The van der Waals surface area contributed by atoms with Crippen molar-refractivity contribution in [3.05, 3.63) is 0 Å². The fourth-order valence-corrected chi connectivity index (χ4v) is 4.84. The van der Waals surface area contributed by atoms with Gasteiger partial charge in [0.25, 0.3) is 0 Å². The van der Waals surface area contributed by atoms with Crippen LogP contribution in [-0.2, 0) is 0 Å². The van der Waals surface area contributed by atoms with Crippen LogP contribution in [0.5, 0.6) is 0 Å². The maximum absolute atomic E-state index is 2.43. The standard InChI is InChI=1S/C26H58N2/c1-7-13-21-27(11-5,22-14-8-2)25-19-17-18-20-26-28(12-6,23-15-9-3)24-16-10-4/h7-26H2,1-6H3/q+2. The highest BCUT2D eigenvalue weighted by Crippen LogP contribution is 2.18. The van der Waals surface area contributed by atoms with E-state index < -0.39 is 0 Å². The molecular formula is C26H58N2+2. The van der Waals surface area contributed by atoms with Gasteiger partial charge >= 0.3 is 0 Å². The predicted molar refractivity (Wildman–Crippen MR) is 129 cm³/mol. The third kappa shape index (κ3) is 11.8. The van der Waals surface area contributed by atoms with Gasteiger partial charge in [-0.2, -0.15) is 0 Å². The summed E-state index contributed by atoms with van der Waals surface area (Å²) in [5.41, 5.74) is 0. The van der Waals surface area contributed by atoms with Crippen molar-refractivity contribution in [2.75, 3.05) is 52.4 Å². The lowest BCUT2D eigenvalue weighted by molar-refractivity contribution is -0.927. The Bertz CT molecular complexity index is 278. The first-order chi connectivity index (χ1) is 13.6. The molecule has 0 unspecified atom stereocenters. The monoisotopic (exact) mass is 398 g/mol. The summed E-state index contributed by atoms with van der Waals surface area (Å²) < 4.78 is 2.78. The van der Waals surface area contributed by atoms with Crippen LogP contribution < -0.4 is 0 Å². The van der Waals surface area contributed by atoms with Crippen molar-refractivity contribution in [1.82, 2.24) is 0 Å². The molecule has 0 saturated heterocycles. The minimum absolute atomic E-state index is 1.34. The first-order valence-corrected chi connectivity index (χ1v) is 13.3. The molecule has 0 atom stereocenters. The molecule has 0 aliphatic carbocycles. The van der Waals surface area contributed by atoms with Crippen molar-refractivity contribution in [3.63, 3.8) is 0 Å². The quantitative estimate of drug-likeness (QED) is 0.139. The third-order valence-corrected chi connectivity index (χ3v) is 7.30. The van der Waals surface area contributed by atoms with Crippen LogP contribution in [-0.4, -0.2) is 61.3 Å². The Morgan fingerprint density at radius 2 is 0.571 bits per heavy atom. The van der Waals surface area contributed by atoms with Crippen LogP contribution in [0.3, 0.4) is 0 Å². The molecule has 0 heterocycles. The molecule has 0 spiro atoms. The molecule has 0 N–H and O–H groups in total. The van der Waals surface area contributed by atoms with Crippen LogP contribution in [0.4, 0.5) is 0 Å². The Morgan fingerprint density at radius 1 is 0.321 bits per heavy atom. The summed E-state index contributed by atoms with van der Waals surface area (Å²) in [5.74, 6) is 0. The molecule has 28 heavy (non-hydrogen) atoms. The van der Waals surface area contributed by atoms with Crippen molar-refractivity contribution in [2.45, 2.75) is 119 Å². The molecule has 0 radical (unpaired) electrons. The lowest BCUT2D eigenvalue weighted by atomic mass is 10.1. The molecule has 0 amide bonds. The summed E-state index contributed by atoms with van der Waals surface area (Å²) in [4.78, 5) is 0. The highest BCUT2D eigenvalue weighted by Gasteiger charge is 2.25. The molecule has 0 rings (SSSR count). The normalized spacial score (nSPS) is 12.6. The van der Waals surface area contributed by atoms with E-state index in [1.165, 1.54) is 138 Å². The highest BCUT2D eigenvalue weighted by molar-refractivity contribution is 4.51. The maximum atomic E-state index is 2.43. The van der Waals surface area contributed by atoms with Crippen LogP contribution in [0.25, 0.3) is 0 Å². The van der Waals surface area contributed by atoms with E-state index in [1.54, 1.807) is 0 Å². The lowest BCUT2D eigenvalue weighted by Gasteiger charge is -2.39. The Labute approximate surface area is 180 Å². The van der Waals surface area contributed by atoms with Gasteiger partial charge in [0.1, 0.15) is 0 Å². The fourth-order valence-electron chi connectivity index (χ4n) is 4.84. The summed E-state index contributed by atoms with van der Waals surface area (Å²) in [5, 5.41) is 0. The zero-order valence-electron chi connectivity index (χ0n) is 21.0. The van der Waals surface area contributed by atoms with Gasteiger partial charge in [-0.1, -0.05) is 53.4 Å². The zero-order valence-corrected chi connectivity index (χ0v) is 21.0. The van der Waals surface area contributed by atoms with E-state index in [-0.39, 0.29) is 0 Å². The van der Waals surface area contributed by atoms with Crippen LogP contribution in [0.1, 0.15) is 119 Å². The largest absolute Gasteiger partial charge is 0.324 e. The number of unbranched alkanes of at least 4 members (excludes halogenated alkanes) is 7. The Kier molecular flexibility index (Phi) is 17.7. The maximum Gasteiger partial charge on any atom is 0.0786 e. The molecule has 0 aliphatic rings. The molecule has 0 aromatic heterocycles. The number of quaternary nitrogens is 2. The van der Waals surface area contributed by atoms with Crippen molar-refractivity contribution in [1.29, 1.82) is 0 Å².